The number of aromatic amines is 3. The van der Waals surface area contributed by atoms with Crippen molar-refractivity contribution in [3.8, 4) is 61.9 Å². The average molecular weight is 1960 g/mol. The molecule has 15 heterocycles. The van der Waals surface area contributed by atoms with E-state index in [-0.39, 0.29) is 163 Å². The highest BCUT2D eigenvalue weighted by atomic mass is 35.5. The number of carbonyl (C=O) groups excluding carboxylic acids is 3. The fraction of sp³-hybridized carbons (Fsp3) is 0.343. The van der Waals surface area contributed by atoms with Gasteiger partial charge in [0, 0.05) is 132 Å². The van der Waals surface area contributed by atoms with Gasteiger partial charge in [0.2, 0.25) is 29.2 Å². The van der Waals surface area contributed by atoms with Gasteiger partial charge in [-0.3, -0.25) is 67.4 Å². The van der Waals surface area contributed by atoms with Crippen LogP contribution in [0.25, 0.3) is 116 Å². The molecule has 0 bridgehead atoms. The summed E-state index contributed by atoms with van der Waals surface area (Å²) < 4.78 is 102. The second-order valence-electron chi connectivity index (χ2n) is 39.2. The van der Waals surface area contributed by atoms with Gasteiger partial charge in [-0.25, -0.2) is 41.9 Å². The third kappa shape index (κ3) is 15.7. The first kappa shape index (κ1) is 96.6. The van der Waals surface area contributed by atoms with Crippen molar-refractivity contribution in [1.29, 1.82) is 0 Å². The number of hydrogen-bond acceptors (Lipinski definition) is 21. The monoisotopic (exact) mass is 1960 g/mol. The summed E-state index contributed by atoms with van der Waals surface area (Å²) in [5.74, 6) is -6.55. The third-order valence-electron chi connectivity index (χ3n) is 28.8. The molecule has 0 spiro atoms. The Hall–Kier alpha value is -15.2. The number of hydrogen-bond donors (Lipinski definition) is 3. The first-order valence-corrected chi connectivity index (χ1v) is 48.2. The first-order valence-electron chi connectivity index (χ1n) is 47.8. The molecule has 30 nitrogen and oxygen atoms in total. The highest BCUT2D eigenvalue weighted by molar-refractivity contribution is 6.35. The fourth-order valence-corrected chi connectivity index (χ4v) is 22.5. The topological polar surface area (TPSA) is 345 Å². The number of nitrogens with one attached hydrogen (secondary N) is 3. The molecule has 15 aromatic rings. The number of aryl methyl sites for hydroxylation is 6. The van der Waals surface area contributed by atoms with Crippen molar-refractivity contribution in [2.24, 2.45) is 0 Å². The number of oxazole rings is 3. The second-order valence-corrected chi connectivity index (χ2v) is 39.6. The van der Waals surface area contributed by atoms with Crippen molar-refractivity contribution in [3.63, 3.8) is 0 Å². The van der Waals surface area contributed by atoms with E-state index < -0.39 is 62.8 Å². The summed E-state index contributed by atoms with van der Waals surface area (Å²) >= 11 is 7.29. The van der Waals surface area contributed by atoms with Gasteiger partial charge in [0.15, 0.2) is 28.4 Å². The van der Waals surface area contributed by atoms with Crippen LogP contribution in [0.3, 0.4) is 0 Å². The third-order valence-corrected chi connectivity index (χ3v) is 29.1. The number of amides is 3. The largest absolute Gasteiger partial charge is 0.486 e. The summed E-state index contributed by atoms with van der Waals surface area (Å²) in [5.41, 5.74) is 10.8. The van der Waals surface area contributed by atoms with E-state index in [1.54, 1.807) is 94.3 Å². The Bertz CT molecular complexity index is 8360. The van der Waals surface area contributed by atoms with Gasteiger partial charge in [-0.2, -0.15) is 0 Å². The lowest BCUT2D eigenvalue weighted by Crippen LogP contribution is -2.62. The fourth-order valence-electron chi connectivity index (χ4n) is 22.2. The smallest absolute Gasteiger partial charge is 0.417 e. The Kier molecular flexibility index (Phi) is 24.8. The molecule has 6 atom stereocenters. The van der Waals surface area contributed by atoms with E-state index in [0.717, 1.165) is 22.3 Å². The van der Waals surface area contributed by atoms with E-state index >= 15 is 22.4 Å². The molecule has 3 N–H and O–H groups in total. The molecule has 6 aliphatic heterocycles. The van der Waals surface area contributed by atoms with Crippen molar-refractivity contribution in [2.75, 3.05) is 67.2 Å². The number of rotatable bonds is 13. The number of anilines is 3. The molecule has 3 fully saturated rings. The van der Waals surface area contributed by atoms with E-state index in [1.807, 2.05) is 126 Å². The van der Waals surface area contributed by atoms with E-state index in [4.69, 9.17) is 44.3 Å². The number of benzene rings is 6. The number of nitrogens with zero attached hydrogens (tertiary/aromatic N) is 13. The van der Waals surface area contributed by atoms with Gasteiger partial charge in [-0.05, 0) is 186 Å². The number of piperazine rings is 3. The number of halogens is 5. The van der Waals surface area contributed by atoms with Gasteiger partial charge in [-0.1, -0.05) is 105 Å². The summed E-state index contributed by atoms with van der Waals surface area (Å²) in [4.78, 5) is 157. The summed E-state index contributed by atoms with van der Waals surface area (Å²) in [5, 5.41) is 1.51. The van der Waals surface area contributed by atoms with Gasteiger partial charge in [0.05, 0.1) is 126 Å². The zero-order chi connectivity index (χ0) is 102. The Morgan fingerprint density at radius 1 is 0.427 bits per heavy atom. The van der Waals surface area contributed by atoms with Gasteiger partial charge in [0.1, 0.15) is 24.6 Å². The maximum atomic E-state index is 17.6. The number of aromatic nitrogens is 10. The molecule has 6 aromatic carbocycles. The van der Waals surface area contributed by atoms with Crippen molar-refractivity contribution < 1.29 is 54.7 Å². The molecular formula is C108H107ClF4N16O14. The molecule has 0 radical (unpaired) electrons. The maximum Gasteiger partial charge on any atom is 0.417 e. The van der Waals surface area contributed by atoms with Crippen LogP contribution < -0.4 is 58.1 Å². The highest BCUT2D eigenvalue weighted by Gasteiger charge is 2.47. The quantitative estimate of drug-likeness (QED) is 0.0713. The molecule has 9 aromatic heterocycles. The number of ether oxygens (including phenoxy) is 2. The molecule has 6 unspecified atom stereocenters. The lowest BCUT2D eigenvalue weighted by atomic mass is 9.91. The van der Waals surface area contributed by atoms with Crippen LogP contribution >= 0.6 is 11.6 Å². The zero-order valence-electron chi connectivity index (χ0n) is 82.2. The van der Waals surface area contributed by atoms with Crippen LogP contribution in [0, 0.1) is 64.8 Å². The Morgan fingerprint density at radius 2 is 0.797 bits per heavy atom. The van der Waals surface area contributed by atoms with E-state index in [9.17, 15) is 38.4 Å². The summed E-state index contributed by atoms with van der Waals surface area (Å²) in [6, 6.07) is 16.7. The zero-order valence-corrected chi connectivity index (χ0v) is 83.0. The Morgan fingerprint density at radius 3 is 1.23 bits per heavy atom. The van der Waals surface area contributed by atoms with Gasteiger partial charge in [-0.15, -0.1) is 0 Å². The molecule has 738 valence electrons. The minimum absolute atomic E-state index is 0.00136. The molecule has 143 heavy (non-hydrogen) atoms. The minimum atomic E-state index is -1.00. The van der Waals surface area contributed by atoms with Crippen LogP contribution in [0.5, 0.6) is 11.5 Å². The second kappa shape index (κ2) is 36.7. The molecular weight excluding hydrogens is 1860 g/mol. The number of fused-ring (bicyclic) bond motifs is 18. The van der Waals surface area contributed by atoms with Crippen LogP contribution in [0.1, 0.15) is 168 Å². The van der Waals surface area contributed by atoms with E-state index in [2.05, 4.69) is 49.6 Å². The first-order chi connectivity index (χ1) is 68.2. The summed E-state index contributed by atoms with van der Waals surface area (Å²) in [6.07, 6.45) is 9.48. The summed E-state index contributed by atoms with van der Waals surface area (Å²) in [6.45, 7) is 46.1. The lowest BCUT2D eigenvalue weighted by Gasteiger charge is -2.48. The molecule has 6 aliphatic rings. The minimum Gasteiger partial charge on any atom is -0.486 e. The van der Waals surface area contributed by atoms with E-state index in [1.165, 1.54) is 39.5 Å². The molecule has 21 rings (SSSR count). The van der Waals surface area contributed by atoms with Crippen LogP contribution in [0.2, 0.25) is 5.02 Å². The number of H-pyrrole nitrogens is 3. The number of pyridine rings is 5. The Labute approximate surface area is 821 Å². The maximum absolute atomic E-state index is 17.6. The van der Waals surface area contributed by atoms with Crippen molar-refractivity contribution in [1.82, 2.24) is 63.3 Å². The lowest BCUT2D eigenvalue weighted by molar-refractivity contribution is -0.129. The predicted molar refractivity (Wildman–Crippen MR) is 544 cm³/mol. The molecule has 0 aliphatic carbocycles. The molecule has 0 saturated carbocycles. The van der Waals surface area contributed by atoms with Crippen LogP contribution in [-0.4, -0.2) is 170 Å². The highest BCUT2D eigenvalue weighted by Crippen LogP contribution is 2.52. The standard InChI is InChI=1S/C37H39ClN6O5.C36H35F2N5O5.C35H33F2N5O4/c1-9-26(45)42-14-22-15-48-35-32(43(22)13-20(42)7)23-12-24(38)28(27-19(6)10-11-25-34(27)49-37(47)41-25)21(8)31(23)44(36(35)46)33-29(17(2)3)39-16-40-30(33)18(4)5;1-7-25(44)41-16-21-11-13-47-34-32(42(21)15-20(41)6)22-14-23(37)27(26-18(4)8-9-24-33(26)48-36(46)40-24)28(38)31(22)43(35(34)45)30-19(5)10-12-39-29(30)17(2)3;1-7-25(43)40-15-20-12-22-31(41(20)14-19(40)6)21-13-23(36)27(26-17(4)8-9-24-33(26)46-35(45)39-24)28(37)32(21)42(34(22)44)30-18(5)10-11-38-29(30)16(2)3/h9-12,16-18,20,22H,1,13-15H2,2-8H3,(H,41,47);7-10,12,14,17,20-21H,1,11,13,15-16H2,2-6H3,(H,40,46);7-11,13,16,19-20H,1,12,14-15H2,2-6H3,(H,39,45). The van der Waals surface area contributed by atoms with Crippen LogP contribution in [-0.2, 0) is 20.8 Å². The Balaban J connectivity index is 0.000000136. The van der Waals surface area contributed by atoms with E-state index in [0.29, 0.717) is 164 Å². The summed E-state index contributed by atoms with van der Waals surface area (Å²) in [7, 11) is 0. The van der Waals surface area contributed by atoms with Crippen molar-refractivity contribution >= 4 is 112 Å². The average Bonchev–Trinajstić information content (AvgIpc) is 1.63. The van der Waals surface area contributed by atoms with Crippen molar-refractivity contribution in [3.05, 3.63) is 276 Å². The van der Waals surface area contributed by atoms with Gasteiger partial charge in [0.25, 0.3) is 16.7 Å². The molecule has 3 amide bonds. The SMILES string of the molecule is C=CC(=O)N1CC2CCOc3c(c4cc(F)c(-c5c(C)ccc6[nH]c(=O)oc56)c(F)c4n(-c4c(C)ccnc4C(C)C)c3=O)N2CC1C.C=CC(=O)N1CC2COc3c(c4cc(Cl)c(-c5c(C)ccc6[nH]c(=O)oc56)c(C)c4n(-c4c(C(C)C)ncnc4C(C)C)c3=O)N2CC1C.C=CC(=O)N1CC2Cc3c(c4cc(F)c(-c5c(C)ccc6[nH]c(=O)oc56)c(F)c4n(-c4c(C)ccnc4C(C)C)c3=O)N2CC1C. The van der Waals surface area contributed by atoms with Crippen LogP contribution in [0.4, 0.5) is 34.6 Å². The molecule has 3 saturated heterocycles. The van der Waals surface area contributed by atoms with Gasteiger partial charge >= 0.3 is 17.3 Å². The molecule has 35 heteroatoms. The normalized spacial score (nSPS) is 17.6. The van der Waals surface area contributed by atoms with Gasteiger partial charge < -0.3 is 52.1 Å². The van der Waals surface area contributed by atoms with Crippen molar-refractivity contribution in [2.45, 2.75) is 190 Å². The number of carbonyl (C=O) groups is 3. The van der Waals surface area contributed by atoms with Crippen LogP contribution in [0.15, 0.2) is 165 Å². The predicted octanol–water partition coefficient (Wildman–Crippen LogP) is 17.9.